The molecule has 7 nitrogen and oxygen atoms in total. The molecule has 0 spiro atoms. The molecule has 0 saturated heterocycles. The Morgan fingerprint density at radius 3 is 2.47 bits per heavy atom. The van der Waals surface area contributed by atoms with E-state index in [0.717, 1.165) is 5.56 Å². The predicted molar refractivity (Wildman–Crippen MR) is 111 cm³/mol. The number of ether oxygens (including phenoxy) is 2. The van der Waals surface area contributed by atoms with E-state index in [1.165, 1.54) is 12.3 Å². The van der Waals surface area contributed by atoms with Crippen LogP contribution in [0.4, 0.5) is 5.69 Å². The first-order chi connectivity index (χ1) is 14.6. The van der Waals surface area contributed by atoms with Crippen LogP contribution in [0.1, 0.15) is 21.7 Å². The number of nitrogens with one attached hydrogen (secondary N) is 2. The summed E-state index contributed by atoms with van der Waals surface area (Å²) in [6.45, 7) is 2.87. The molecule has 1 aromatic heterocycles. The molecule has 152 valence electrons. The molecular formula is C23H20N2O5. The third-order valence-corrected chi connectivity index (χ3v) is 4.44. The number of fused-ring (bicyclic) bond motifs is 1. The molecule has 0 radical (unpaired) electrons. The largest absolute Gasteiger partial charge is 0.486 e. The molecule has 0 bridgehead atoms. The van der Waals surface area contributed by atoms with Crippen molar-refractivity contribution in [3.8, 4) is 11.5 Å². The van der Waals surface area contributed by atoms with E-state index < -0.39 is 11.8 Å². The zero-order chi connectivity index (χ0) is 20.9. The summed E-state index contributed by atoms with van der Waals surface area (Å²) in [6.07, 6.45) is 2.96. The lowest BCUT2D eigenvalue weighted by molar-refractivity contribution is -0.113. The fraction of sp³-hybridized carbons (Fsp3) is 0.130. The van der Waals surface area contributed by atoms with Crippen molar-refractivity contribution < 1.29 is 23.5 Å². The lowest BCUT2D eigenvalue weighted by Crippen LogP contribution is -2.30. The maximum atomic E-state index is 12.9. The van der Waals surface area contributed by atoms with Gasteiger partial charge in [0.05, 0.1) is 6.26 Å². The number of anilines is 1. The summed E-state index contributed by atoms with van der Waals surface area (Å²) < 4.78 is 16.3. The standard InChI is InChI=1S/C23H20N2O5/c1-15-4-6-16(7-5-15)22(26)25-19(14-18-3-2-10-28-18)23(27)24-17-8-9-20-21(13-17)30-12-11-29-20/h2-10,13-14H,11-12H2,1H3,(H,24,27)(H,25,26)/b19-14-. The van der Waals surface area contributed by atoms with E-state index in [0.29, 0.717) is 41.7 Å². The van der Waals surface area contributed by atoms with Crippen LogP contribution < -0.4 is 20.1 Å². The van der Waals surface area contributed by atoms with E-state index >= 15 is 0 Å². The minimum Gasteiger partial charge on any atom is -0.486 e. The van der Waals surface area contributed by atoms with Gasteiger partial charge >= 0.3 is 0 Å². The van der Waals surface area contributed by atoms with Gasteiger partial charge in [-0.15, -0.1) is 0 Å². The Kier molecular flexibility index (Phi) is 5.52. The molecule has 2 heterocycles. The smallest absolute Gasteiger partial charge is 0.272 e. The number of furan rings is 1. The van der Waals surface area contributed by atoms with Crippen molar-refractivity contribution in [3.63, 3.8) is 0 Å². The second-order valence-electron chi connectivity index (χ2n) is 6.71. The van der Waals surface area contributed by atoms with Crippen molar-refractivity contribution in [2.75, 3.05) is 18.5 Å². The summed E-state index contributed by atoms with van der Waals surface area (Å²) in [7, 11) is 0. The molecule has 7 heteroatoms. The highest BCUT2D eigenvalue weighted by molar-refractivity contribution is 6.10. The Morgan fingerprint density at radius 2 is 1.73 bits per heavy atom. The van der Waals surface area contributed by atoms with E-state index in [4.69, 9.17) is 13.9 Å². The first-order valence-corrected chi connectivity index (χ1v) is 9.43. The molecule has 4 rings (SSSR count). The number of carbonyl (C=O) groups excluding carboxylic acids is 2. The predicted octanol–water partition coefficient (Wildman–Crippen LogP) is 3.77. The summed E-state index contributed by atoms with van der Waals surface area (Å²) in [6, 6.07) is 15.6. The topological polar surface area (TPSA) is 89.8 Å². The Morgan fingerprint density at radius 1 is 0.967 bits per heavy atom. The maximum absolute atomic E-state index is 12.9. The molecule has 0 atom stereocenters. The lowest BCUT2D eigenvalue weighted by atomic mass is 10.1. The Hall–Kier alpha value is -4.00. The minimum atomic E-state index is -0.497. The van der Waals surface area contributed by atoms with Crippen molar-refractivity contribution in [3.05, 3.63) is 83.4 Å². The maximum Gasteiger partial charge on any atom is 0.272 e. The Bertz CT molecular complexity index is 1090. The average Bonchev–Trinajstić information content (AvgIpc) is 3.27. The van der Waals surface area contributed by atoms with Gasteiger partial charge in [0.15, 0.2) is 11.5 Å². The molecule has 0 aliphatic carbocycles. The monoisotopic (exact) mass is 404 g/mol. The average molecular weight is 404 g/mol. The summed E-state index contributed by atoms with van der Waals surface area (Å²) in [5.41, 5.74) is 2.04. The summed E-state index contributed by atoms with van der Waals surface area (Å²) in [4.78, 5) is 25.6. The normalized spacial score (nSPS) is 12.9. The first-order valence-electron chi connectivity index (χ1n) is 9.43. The van der Waals surface area contributed by atoms with Crippen LogP contribution in [0.2, 0.25) is 0 Å². The molecule has 1 aliphatic heterocycles. The molecule has 0 unspecified atom stereocenters. The van der Waals surface area contributed by atoms with Crippen LogP contribution in [0.25, 0.3) is 6.08 Å². The first kappa shape index (κ1) is 19.3. The second-order valence-corrected chi connectivity index (χ2v) is 6.71. The van der Waals surface area contributed by atoms with Crippen molar-refractivity contribution in [1.82, 2.24) is 5.32 Å². The van der Waals surface area contributed by atoms with E-state index in [1.807, 2.05) is 19.1 Å². The molecule has 3 aromatic rings. The SMILES string of the molecule is Cc1ccc(C(=O)N/C(=C\c2ccco2)C(=O)Nc2ccc3c(c2)OCCO3)cc1. The molecule has 2 amide bonds. The third kappa shape index (κ3) is 4.52. The Balaban J connectivity index is 1.55. The van der Waals surface area contributed by atoms with Crippen LogP contribution in [0.3, 0.4) is 0 Å². The minimum absolute atomic E-state index is 0.0467. The van der Waals surface area contributed by atoms with Crippen LogP contribution in [-0.2, 0) is 4.79 Å². The molecule has 2 N–H and O–H groups in total. The Labute approximate surface area is 173 Å². The van der Waals surface area contributed by atoms with Gasteiger partial charge in [0, 0.05) is 23.4 Å². The van der Waals surface area contributed by atoms with E-state index in [1.54, 1.807) is 42.5 Å². The van der Waals surface area contributed by atoms with E-state index in [2.05, 4.69) is 10.6 Å². The van der Waals surface area contributed by atoms with Crippen molar-refractivity contribution in [2.24, 2.45) is 0 Å². The van der Waals surface area contributed by atoms with Gasteiger partial charge in [-0.05, 0) is 43.3 Å². The van der Waals surface area contributed by atoms with Crippen LogP contribution in [0.15, 0.2) is 71.0 Å². The molecule has 0 fully saturated rings. The van der Waals surface area contributed by atoms with Gasteiger partial charge < -0.3 is 24.5 Å². The van der Waals surface area contributed by atoms with E-state index in [9.17, 15) is 9.59 Å². The molecule has 2 aromatic carbocycles. The highest BCUT2D eigenvalue weighted by atomic mass is 16.6. The third-order valence-electron chi connectivity index (χ3n) is 4.44. The number of amides is 2. The summed E-state index contributed by atoms with van der Waals surface area (Å²) in [5, 5.41) is 5.44. The van der Waals surface area contributed by atoms with Crippen LogP contribution in [0, 0.1) is 6.92 Å². The number of rotatable bonds is 5. The highest BCUT2D eigenvalue weighted by Gasteiger charge is 2.17. The zero-order valence-electron chi connectivity index (χ0n) is 16.3. The van der Waals surface area contributed by atoms with Crippen LogP contribution in [-0.4, -0.2) is 25.0 Å². The van der Waals surface area contributed by atoms with Gasteiger partial charge in [0.25, 0.3) is 11.8 Å². The summed E-state index contributed by atoms with van der Waals surface area (Å²) in [5.74, 6) is 0.720. The van der Waals surface area contributed by atoms with Crippen LogP contribution in [0.5, 0.6) is 11.5 Å². The van der Waals surface area contributed by atoms with Crippen molar-refractivity contribution in [2.45, 2.75) is 6.92 Å². The van der Waals surface area contributed by atoms with Gasteiger partial charge in [-0.3, -0.25) is 9.59 Å². The summed E-state index contributed by atoms with van der Waals surface area (Å²) >= 11 is 0. The lowest BCUT2D eigenvalue weighted by Gasteiger charge is -2.19. The zero-order valence-corrected chi connectivity index (χ0v) is 16.3. The number of benzene rings is 2. The van der Waals surface area contributed by atoms with Crippen molar-refractivity contribution >= 4 is 23.6 Å². The number of hydrogen-bond acceptors (Lipinski definition) is 5. The number of hydrogen-bond donors (Lipinski definition) is 2. The van der Waals surface area contributed by atoms with Gasteiger partial charge in [-0.25, -0.2) is 0 Å². The highest BCUT2D eigenvalue weighted by Crippen LogP contribution is 2.32. The van der Waals surface area contributed by atoms with Gasteiger partial charge in [0.2, 0.25) is 0 Å². The van der Waals surface area contributed by atoms with Gasteiger partial charge in [-0.1, -0.05) is 17.7 Å². The van der Waals surface area contributed by atoms with E-state index in [-0.39, 0.29) is 5.70 Å². The quantitative estimate of drug-likeness (QED) is 0.632. The fourth-order valence-electron chi connectivity index (χ4n) is 2.89. The molecule has 0 saturated carbocycles. The molecular weight excluding hydrogens is 384 g/mol. The van der Waals surface area contributed by atoms with Gasteiger partial charge in [0.1, 0.15) is 24.7 Å². The van der Waals surface area contributed by atoms with Crippen LogP contribution >= 0.6 is 0 Å². The van der Waals surface area contributed by atoms with Gasteiger partial charge in [-0.2, -0.15) is 0 Å². The molecule has 1 aliphatic rings. The fourth-order valence-corrected chi connectivity index (χ4v) is 2.89. The molecule has 30 heavy (non-hydrogen) atoms. The number of carbonyl (C=O) groups is 2. The second kappa shape index (κ2) is 8.57. The van der Waals surface area contributed by atoms with Crippen molar-refractivity contribution in [1.29, 1.82) is 0 Å². The number of aryl methyl sites for hydroxylation is 1.